The number of carbonyl (C=O) groups excluding carboxylic acids is 3. The van der Waals surface area contributed by atoms with Crippen LogP contribution in [0.4, 0.5) is 13.2 Å². The SMILES string of the molecule is C=CCOC(=O)C1(C(=O)O[C@@](Cn2cncn2)(c2ccc(F)cc2F)[C@@H](C)SC2COC(/C=C/C=C/c3ccc(C#N)cc3F)OC2)CC1COC(C)=O. The lowest BCUT2D eigenvalue weighted by Crippen LogP contribution is -2.49. The van der Waals surface area contributed by atoms with E-state index >= 15 is 4.39 Å². The summed E-state index contributed by atoms with van der Waals surface area (Å²) >= 11 is 1.25. The molecule has 54 heavy (non-hydrogen) atoms. The van der Waals surface area contributed by atoms with Gasteiger partial charge in [0.1, 0.15) is 36.7 Å². The highest BCUT2D eigenvalue weighted by Gasteiger charge is 2.70. The Morgan fingerprint density at radius 2 is 1.91 bits per heavy atom. The van der Waals surface area contributed by atoms with E-state index in [-0.39, 0.29) is 55.8 Å². The summed E-state index contributed by atoms with van der Waals surface area (Å²) in [5.41, 5.74) is -3.50. The quantitative estimate of drug-likeness (QED) is 0.0601. The average molecular weight is 767 g/mol. The van der Waals surface area contributed by atoms with Gasteiger partial charge in [-0.1, -0.05) is 36.9 Å². The molecule has 0 bridgehead atoms. The molecule has 0 spiro atoms. The van der Waals surface area contributed by atoms with Crippen LogP contribution in [0.15, 0.2) is 79.9 Å². The molecule has 1 saturated carbocycles. The molecule has 0 radical (unpaired) electrons. The molecule has 0 amide bonds. The predicted octanol–water partition coefficient (Wildman–Crippen LogP) is 5.44. The number of thioether (sulfide) groups is 1. The predicted molar refractivity (Wildman–Crippen MR) is 188 cm³/mol. The fraction of sp³-hybridized carbons (Fsp3) is 0.368. The number of esters is 3. The molecule has 2 aromatic carbocycles. The van der Waals surface area contributed by atoms with Gasteiger partial charge in [0, 0.05) is 35.3 Å². The number of benzene rings is 2. The second-order valence-electron chi connectivity index (χ2n) is 12.6. The van der Waals surface area contributed by atoms with Crippen LogP contribution in [-0.4, -0.2) is 75.9 Å². The van der Waals surface area contributed by atoms with Crippen LogP contribution >= 0.6 is 11.8 Å². The van der Waals surface area contributed by atoms with Crippen molar-refractivity contribution in [3.63, 3.8) is 0 Å². The summed E-state index contributed by atoms with van der Waals surface area (Å²) in [6.07, 6.45) is 9.47. The average Bonchev–Trinajstić information content (AvgIpc) is 3.68. The minimum Gasteiger partial charge on any atom is -0.466 e. The number of halogens is 3. The normalized spacial score (nSPS) is 22.6. The highest BCUT2D eigenvalue weighted by Crippen LogP contribution is 2.56. The molecule has 4 atom stereocenters. The first-order valence-corrected chi connectivity index (χ1v) is 17.7. The second kappa shape index (κ2) is 17.7. The zero-order valence-corrected chi connectivity index (χ0v) is 30.2. The first-order valence-electron chi connectivity index (χ1n) is 16.8. The molecule has 1 aromatic heterocycles. The molecular formula is C38H37F3N4O8S. The first kappa shape index (κ1) is 40.0. The Kier molecular flexibility index (Phi) is 13.1. The molecule has 2 heterocycles. The number of nitrogens with zero attached hydrogens (tertiary/aromatic N) is 4. The van der Waals surface area contributed by atoms with E-state index in [1.54, 1.807) is 25.2 Å². The van der Waals surface area contributed by atoms with Crippen molar-refractivity contribution in [2.45, 2.75) is 49.2 Å². The van der Waals surface area contributed by atoms with E-state index in [9.17, 15) is 23.2 Å². The Morgan fingerprint density at radius 3 is 2.56 bits per heavy atom. The van der Waals surface area contributed by atoms with Crippen LogP contribution in [-0.2, 0) is 50.2 Å². The minimum absolute atomic E-state index is 0.0707. The van der Waals surface area contributed by atoms with Crippen molar-refractivity contribution >= 4 is 35.7 Å². The smallest absolute Gasteiger partial charge is 0.324 e. The molecule has 2 fully saturated rings. The van der Waals surface area contributed by atoms with Crippen LogP contribution in [0.25, 0.3) is 6.08 Å². The second-order valence-corrected chi connectivity index (χ2v) is 14.2. The number of rotatable bonds is 16. The Bertz CT molecular complexity index is 1950. The van der Waals surface area contributed by atoms with E-state index < -0.39 is 63.8 Å². The Morgan fingerprint density at radius 1 is 1.13 bits per heavy atom. The van der Waals surface area contributed by atoms with Crippen molar-refractivity contribution in [1.29, 1.82) is 5.26 Å². The Balaban J connectivity index is 1.38. The summed E-state index contributed by atoms with van der Waals surface area (Å²) in [6.45, 7) is 5.94. The highest BCUT2D eigenvalue weighted by molar-refractivity contribution is 8.00. The van der Waals surface area contributed by atoms with E-state index in [1.807, 2.05) is 6.07 Å². The van der Waals surface area contributed by atoms with Crippen molar-refractivity contribution < 1.29 is 51.2 Å². The van der Waals surface area contributed by atoms with Gasteiger partial charge in [0.15, 0.2) is 17.3 Å². The fourth-order valence-corrected chi connectivity index (χ4v) is 7.34. The van der Waals surface area contributed by atoms with Gasteiger partial charge in [-0.2, -0.15) is 10.4 Å². The summed E-state index contributed by atoms with van der Waals surface area (Å²) in [6, 6.07) is 8.90. The number of hydrogen-bond acceptors (Lipinski definition) is 12. The molecule has 1 aliphatic carbocycles. The lowest BCUT2D eigenvalue weighted by molar-refractivity contribution is -0.179. The Hall–Kier alpha value is -5.24. The maximum absolute atomic E-state index is 15.9. The monoisotopic (exact) mass is 766 g/mol. The van der Waals surface area contributed by atoms with Crippen LogP contribution in [0, 0.1) is 40.1 Å². The third kappa shape index (κ3) is 9.27. The van der Waals surface area contributed by atoms with Gasteiger partial charge in [-0.25, -0.2) is 22.8 Å². The van der Waals surface area contributed by atoms with Crippen molar-refractivity contribution in [2.24, 2.45) is 11.3 Å². The van der Waals surface area contributed by atoms with Gasteiger partial charge in [-0.05, 0) is 43.7 Å². The zero-order chi connectivity index (χ0) is 38.9. The van der Waals surface area contributed by atoms with E-state index in [1.165, 1.54) is 66.4 Å². The van der Waals surface area contributed by atoms with Gasteiger partial charge < -0.3 is 23.7 Å². The van der Waals surface area contributed by atoms with E-state index in [0.717, 1.165) is 12.1 Å². The molecule has 2 unspecified atom stereocenters. The third-order valence-corrected chi connectivity index (χ3v) is 10.4. The number of nitriles is 1. The van der Waals surface area contributed by atoms with E-state index in [0.29, 0.717) is 11.6 Å². The largest absolute Gasteiger partial charge is 0.466 e. The summed E-state index contributed by atoms with van der Waals surface area (Å²) in [5, 5.41) is 11.9. The Labute approximate surface area is 313 Å². The van der Waals surface area contributed by atoms with Crippen LogP contribution in [0.1, 0.15) is 37.0 Å². The topological polar surface area (TPSA) is 152 Å². The lowest BCUT2D eigenvalue weighted by Gasteiger charge is -2.41. The van der Waals surface area contributed by atoms with E-state index in [4.69, 9.17) is 28.9 Å². The number of aromatic nitrogens is 3. The zero-order valence-electron chi connectivity index (χ0n) is 29.4. The molecule has 12 nitrogen and oxygen atoms in total. The standard InChI is InChI=1S/C38H37F3N4O8S/c1-4-13-49-35(47)37(16-28(37)18-50-25(3)46)36(48)53-38(21-45-23-43-22-44-45,31-12-11-29(39)15-33(31)41)24(2)54-30-19-51-34(52-20-30)8-6-5-7-27-10-9-26(17-42)14-32(27)40/h4-12,14-15,22-24,28,30,34H,1,13,16,18-21H2,2-3H3/b7-5+,8-6+/t24-,28?,30?,34?,37?,38-/m1/s1. The van der Waals surface area contributed by atoms with Crippen molar-refractivity contribution in [3.8, 4) is 6.07 Å². The molecule has 1 saturated heterocycles. The van der Waals surface area contributed by atoms with Gasteiger partial charge in [0.2, 0.25) is 0 Å². The minimum atomic E-state index is -1.93. The summed E-state index contributed by atoms with van der Waals surface area (Å²) in [5.74, 6) is -5.81. The third-order valence-electron chi connectivity index (χ3n) is 8.91. The van der Waals surface area contributed by atoms with Crippen molar-refractivity contribution in [3.05, 3.63) is 114 Å². The maximum Gasteiger partial charge on any atom is 0.324 e. The van der Waals surface area contributed by atoms with Gasteiger partial charge in [-0.15, -0.1) is 11.8 Å². The molecule has 2 aliphatic rings. The summed E-state index contributed by atoms with van der Waals surface area (Å²) in [7, 11) is 0. The molecule has 0 N–H and O–H groups in total. The first-order chi connectivity index (χ1) is 25.9. The molecule has 3 aromatic rings. The van der Waals surface area contributed by atoms with Crippen LogP contribution < -0.4 is 0 Å². The van der Waals surface area contributed by atoms with Gasteiger partial charge >= 0.3 is 17.9 Å². The molecule has 1 aliphatic heterocycles. The summed E-state index contributed by atoms with van der Waals surface area (Å²) < 4.78 is 74.2. The fourth-order valence-electron chi connectivity index (χ4n) is 5.98. The number of allylic oxidation sites excluding steroid dienone is 2. The van der Waals surface area contributed by atoms with E-state index in [2.05, 4.69) is 16.7 Å². The molecule has 16 heteroatoms. The van der Waals surface area contributed by atoms with Crippen LogP contribution in [0.3, 0.4) is 0 Å². The number of hydrogen-bond donors (Lipinski definition) is 0. The number of ether oxygens (including phenoxy) is 5. The number of carbonyl (C=O) groups is 3. The lowest BCUT2D eigenvalue weighted by atomic mass is 9.88. The highest BCUT2D eigenvalue weighted by atomic mass is 32.2. The van der Waals surface area contributed by atoms with Crippen molar-refractivity contribution in [1.82, 2.24) is 14.8 Å². The molecular weight excluding hydrogens is 729 g/mol. The van der Waals surface area contributed by atoms with Gasteiger partial charge in [-0.3, -0.25) is 14.4 Å². The molecule has 5 rings (SSSR count). The van der Waals surface area contributed by atoms with Gasteiger partial charge in [0.25, 0.3) is 0 Å². The van der Waals surface area contributed by atoms with Gasteiger partial charge in [0.05, 0.1) is 43.2 Å². The van der Waals surface area contributed by atoms with Crippen LogP contribution in [0.5, 0.6) is 0 Å². The molecule has 284 valence electrons. The maximum atomic E-state index is 15.9. The van der Waals surface area contributed by atoms with Crippen LogP contribution in [0.2, 0.25) is 0 Å². The van der Waals surface area contributed by atoms with Crippen molar-refractivity contribution in [2.75, 3.05) is 26.4 Å². The summed E-state index contributed by atoms with van der Waals surface area (Å²) in [4.78, 5) is 43.3.